The van der Waals surface area contributed by atoms with Crippen molar-refractivity contribution in [3.8, 4) is 17.3 Å². The summed E-state index contributed by atoms with van der Waals surface area (Å²) >= 11 is 0. The van der Waals surface area contributed by atoms with E-state index in [2.05, 4.69) is 5.32 Å². The highest BCUT2D eigenvalue weighted by atomic mass is 32.2. The average Bonchev–Trinajstić information content (AvgIpc) is 3.17. The molecule has 7 nitrogen and oxygen atoms in total. The first-order valence-electron chi connectivity index (χ1n) is 9.70. The molecule has 32 heavy (non-hydrogen) atoms. The van der Waals surface area contributed by atoms with E-state index in [0.717, 1.165) is 16.1 Å². The van der Waals surface area contributed by atoms with Crippen molar-refractivity contribution in [2.45, 2.75) is 37.8 Å². The summed E-state index contributed by atoms with van der Waals surface area (Å²) in [5, 5.41) is 11.5. The van der Waals surface area contributed by atoms with Crippen LogP contribution in [0, 0.1) is 17.1 Å². The summed E-state index contributed by atoms with van der Waals surface area (Å²) in [7, 11) is -4.19. The van der Waals surface area contributed by atoms with Gasteiger partial charge in [0, 0.05) is 12.7 Å². The minimum atomic E-state index is -4.19. The lowest BCUT2D eigenvalue weighted by Gasteiger charge is -2.19. The van der Waals surface area contributed by atoms with Crippen LogP contribution in [0.25, 0.3) is 11.3 Å². The molecule has 1 N–H and O–H groups in total. The largest absolute Gasteiger partial charge is 0.444 e. The molecule has 1 heterocycles. The Morgan fingerprint density at radius 2 is 1.84 bits per heavy atom. The second-order valence-electron chi connectivity index (χ2n) is 8.01. The van der Waals surface area contributed by atoms with Crippen LogP contribution in [-0.4, -0.2) is 24.1 Å². The van der Waals surface area contributed by atoms with Crippen LogP contribution in [-0.2, 0) is 21.3 Å². The molecule has 0 aliphatic heterocycles. The molecule has 0 saturated carbocycles. The van der Waals surface area contributed by atoms with Gasteiger partial charge in [0.05, 0.1) is 16.2 Å². The summed E-state index contributed by atoms with van der Waals surface area (Å²) in [5.74, 6) is -0.922. The highest BCUT2D eigenvalue weighted by Gasteiger charge is 2.24. The van der Waals surface area contributed by atoms with Crippen LogP contribution in [0.3, 0.4) is 0 Å². The Labute approximate surface area is 186 Å². The number of alkyl carbamates (subject to hydrolysis) is 1. The van der Waals surface area contributed by atoms with Crippen LogP contribution in [0.2, 0.25) is 0 Å². The minimum Gasteiger partial charge on any atom is -0.444 e. The maximum atomic E-state index is 14.1. The molecule has 0 saturated heterocycles. The summed E-state index contributed by atoms with van der Waals surface area (Å²) in [5.41, 5.74) is 0.549. The third kappa shape index (κ3) is 5.15. The molecular weight excluding hydrogens is 433 g/mol. The Hall–Kier alpha value is -3.64. The van der Waals surface area contributed by atoms with E-state index < -0.39 is 27.5 Å². The van der Waals surface area contributed by atoms with Gasteiger partial charge in [-0.2, -0.15) is 5.26 Å². The molecule has 3 rings (SSSR count). The van der Waals surface area contributed by atoms with E-state index in [1.807, 2.05) is 0 Å². The molecule has 0 radical (unpaired) electrons. The number of nitrogens with one attached hydrogen (secondary N) is 1. The van der Waals surface area contributed by atoms with Crippen LogP contribution in [0.4, 0.5) is 9.18 Å². The van der Waals surface area contributed by atoms with Crippen molar-refractivity contribution >= 4 is 16.1 Å². The third-order valence-electron chi connectivity index (χ3n) is 4.37. The molecule has 0 aliphatic carbocycles. The number of nitriles is 1. The maximum absolute atomic E-state index is 14.1. The van der Waals surface area contributed by atoms with Crippen molar-refractivity contribution in [3.63, 3.8) is 0 Å². The van der Waals surface area contributed by atoms with Gasteiger partial charge in [-0.25, -0.2) is 21.6 Å². The van der Waals surface area contributed by atoms with Gasteiger partial charge in [-0.1, -0.05) is 30.3 Å². The number of carbonyl (C=O) groups is 1. The summed E-state index contributed by atoms with van der Waals surface area (Å²) in [4.78, 5) is 11.7. The number of carbonyl (C=O) groups excluding carboxylic acids is 1. The van der Waals surface area contributed by atoms with Gasteiger partial charge in [0.1, 0.15) is 17.5 Å². The zero-order valence-electron chi connectivity index (χ0n) is 17.8. The lowest BCUT2D eigenvalue weighted by molar-refractivity contribution is 0.0523. The van der Waals surface area contributed by atoms with E-state index in [9.17, 15) is 17.6 Å². The van der Waals surface area contributed by atoms with E-state index >= 15 is 0 Å². The van der Waals surface area contributed by atoms with Crippen molar-refractivity contribution < 1.29 is 22.3 Å². The van der Waals surface area contributed by atoms with Gasteiger partial charge in [0.2, 0.25) is 0 Å². The first-order valence-corrected chi connectivity index (χ1v) is 11.1. The van der Waals surface area contributed by atoms with Gasteiger partial charge >= 0.3 is 6.09 Å². The minimum absolute atomic E-state index is 0.0268. The monoisotopic (exact) mass is 455 g/mol. The van der Waals surface area contributed by atoms with E-state index in [0.29, 0.717) is 16.8 Å². The SMILES string of the molecule is CC(C)(C)OC(=O)NCc1cc(-c2ccccc2)n(S(=O)(=O)c2ccc(C#N)c(F)c2)c1. The number of amides is 1. The lowest BCUT2D eigenvalue weighted by atomic mass is 10.1. The molecule has 1 aromatic heterocycles. The van der Waals surface area contributed by atoms with Crippen LogP contribution in [0.15, 0.2) is 65.7 Å². The van der Waals surface area contributed by atoms with E-state index in [-0.39, 0.29) is 17.0 Å². The second kappa shape index (κ2) is 8.85. The third-order valence-corrected chi connectivity index (χ3v) is 6.04. The van der Waals surface area contributed by atoms with Crippen molar-refractivity contribution in [1.29, 1.82) is 5.26 Å². The van der Waals surface area contributed by atoms with Crippen molar-refractivity contribution in [2.75, 3.05) is 0 Å². The Kier molecular flexibility index (Phi) is 6.37. The number of ether oxygens (including phenoxy) is 1. The van der Waals surface area contributed by atoms with Crippen molar-refractivity contribution in [1.82, 2.24) is 9.29 Å². The molecule has 0 atom stereocenters. The van der Waals surface area contributed by atoms with Gasteiger partial charge in [0.25, 0.3) is 10.0 Å². The molecule has 0 spiro atoms. The van der Waals surface area contributed by atoms with E-state index in [4.69, 9.17) is 10.00 Å². The second-order valence-corrected chi connectivity index (χ2v) is 9.82. The van der Waals surface area contributed by atoms with Crippen LogP contribution < -0.4 is 5.32 Å². The molecule has 0 aliphatic rings. The molecular formula is C23H22FN3O4S. The predicted octanol–water partition coefficient (Wildman–Crippen LogP) is 4.43. The molecule has 1 amide bonds. The van der Waals surface area contributed by atoms with Gasteiger partial charge in [-0.3, -0.25) is 0 Å². The quantitative estimate of drug-likeness (QED) is 0.613. The van der Waals surface area contributed by atoms with E-state index in [1.165, 1.54) is 12.3 Å². The maximum Gasteiger partial charge on any atom is 0.407 e. The molecule has 0 unspecified atom stereocenters. The summed E-state index contributed by atoms with van der Waals surface area (Å²) < 4.78 is 47.0. The molecule has 2 aromatic carbocycles. The van der Waals surface area contributed by atoms with Gasteiger partial charge in [-0.05, 0) is 56.2 Å². The summed E-state index contributed by atoms with van der Waals surface area (Å²) in [6, 6.07) is 15.2. The zero-order valence-corrected chi connectivity index (χ0v) is 18.6. The van der Waals surface area contributed by atoms with E-state index in [1.54, 1.807) is 63.2 Å². The fourth-order valence-electron chi connectivity index (χ4n) is 2.96. The summed E-state index contributed by atoms with van der Waals surface area (Å²) in [6.07, 6.45) is 0.731. The van der Waals surface area contributed by atoms with Gasteiger partial charge in [-0.15, -0.1) is 0 Å². The molecule has 0 bridgehead atoms. The molecule has 0 fully saturated rings. The fourth-order valence-corrected chi connectivity index (χ4v) is 4.37. The Bertz CT molecular complexity index is 1290. The van der Waals surface area contributed by atoms with Crippen molar-refractivity contribution in [2.24, 2.45) is 0 Å². The normalized spacial score (nSPS) is 11.6. The Morgan fingerprint density at radius 3 is 2.44 bits per heavy atom. The molecule has 9 heteroatoms. The summed E-state index contributed by atoms with van der Waals surface area (Å²) in [6.45, 7) is 5.23. The first kappa shape index (κ1) is 23.0. The Morgan fingerprint density at radius 1 is 1.16 bits per heavy atom. The fraction of sp³-hybridized carbons (Fsp3) is 0.217. The number of hydrogen-bond donors (Lipinski definition) is 1. The van der Waals surface area contributed by atoms with Crippen molar-refractivity contribution in [3.05, 3.63) is 77.7 Å². The number of benzene rings is 2. The first-order chi connectivity index (χ1) is 15.0. The van der Waals surface area contributed by atoms with Crippen LogP contribution in [0.1, 0.15) is 31.9 Å². The van der Waals surface area contributed by atoms with Gasteiger partial charge in [0.15, 0.2) is 0 Å². The Balaban J connectivity index is 2.01. The molecule has 166 valence electrons. The molecule has 3 aromatic rings. The number of hydrogen-bond acceptors (Lipinski definition) is 5. The number of nitrogens with zero attached hydrogens (tertiary/aromatic N) is 2. The lowest BCUT2D eigenvalue weighted by Crippen LogP contribution is -2.32. The highest BCUT2D eigenvalue weighted by molar-refractivity contribution is 7.90. The number of aromatic nitrogens is 1. The predicted molar refractivity (Wildman–Crippen MR) is 117 cm³/mol. The zero-order chi connectivity index (χ0) is 23.5. The van der Waals surface area contributed by atoms with Crippen LogP contribution >= 0.6 is 0 Å². The van der Waals surface area contributed by atoms with Gasteiger partial charge < -0.3 is 10.1 Å². The topological polar surface area (TPSA) is 101 Å². The number of rotatable bonds is 5. The average molecular weight is 456 g/mol. The highest BCUT2D eigenvalue weighted by Crippen LogP contribution is 2.28. The van der Waals surface area contributed by atoms with Crippen LogP contribution in [0.5, 0.6) is 0 Å². The smallest absolute Gasteiger partial charge is 0.407 e. The standard InChI is InChI=1S/C23H22FN3O4S/c1-23(2,3)31-22(28)26-14-16-11-21(17-7-5-4-6-8-17)27(15-16)32(29,30)19-10-9-18(13-25)20(24)12-19/h4-12,15H,14H2,1-3H3,(H,26,28). The number of halogens is 1.